The van der Waals surface area contributed by atoms with E-state index in [1.165, 1.54) is 5.56 Å². The van der Waals surface area contributed by atoms with E-state index in [9.17, 15) is 0 Å². The molecule has 0 spiro atoms. The van der Waals surface area contributed by atoms with Gasteiger partial charge in [-0.2, -0.15) is 0 Å². The van der Waals surface area contributed by atoms with Crippen LogP contribution < -0.4 is 11.1 Å². The van der Waals surface area contributed by atoms with Crippen molar-refractivity contribution in [1.82, 2.24) is 0 Å². The summed E-state index contributed by atoms with van der Waals surface area (Å²) in [5.74, 6) is 0. The fourth-order valence-corrected chi connectivity index (χ4v) is 2.12. The van der Waals surface area contributed by atoms with E-state index in [1.807, 2.05) is 36.4 Å². The van der Waals surface area contributed by atoms with Crippen molar-refractivity contribution < 1.29 is 0 Å². The van der Waals surface area contributed by atoms with Crippen LogP contribution in [0.5, 0.6) is 0 Å². The molecule has 3 heteroatoms. The van der Waals surface area contributed by atoms with Crippen LogP contribution in [0, 0.1) is 0 Å². The van der Waals surface area contributed by atoms with Crippen molar-refractivity contribution >= 4 is 27.3 Å². The van der Waals surface area contributed by atoms with E-state index in [4.69, 9.17) is 5.73 Å². The van der Waals surface area contributed by atoms with E-state index in [0.29, 0.717) is 0 Å². The molecule has 0 heterocycles. The van der Waals surface area contributed by atoms with Crippen LogP contribution in [-0.2, 0) is 6.42 Å². The van der Waals surface area contributed by atoms with Crippen molar-refractivity contribution in [3.8, 4) is 0 Å². The van der Waals surface area contributed by atoms with E-state index < -0.39 is 0 Å². The van der Waals surface area contributed by atoms with E-state index in [-0.39, 0.29) is 0 Å². The zero-order valence-corrected chi connectivity index (χ0v) is 11.1. The zero-order chi connectivity index (χ0) is 12.1. The summed E-state index contributed by atoms with van der Waals surface area (Å²) in [5.41, 5.74) is 8.94. The first-order valence-corrected chi connectivity index (χ1v) is 6.38. The number of benzene rings is 2. The van der Waals surface area contributed by atoms with Crippen molar-refractivity contribution in [2.75, 3.05) is 17.6 Å². The van der Waals surface area contributed by atoms with Gasteiger partial charge in [0.05, 0.1) is 0 Å². The lowest BCUT2D eigenvalue weighted by Gasteiger charge is -2.08. The molecule has 0 atom stereocenters. The fourth-order valence-electron chi connectivity index (χ4n) is 1.69. The summed E-state index contributed by atoms with van der Waals surface area (Å²) in [4.78, 5) is 0. The summed E-state index contributed by atoms with van der Waals surface area (Å²) in [6.45, 7) is 0.895. The van der Waals surface area contributed by atoms with Crippen LogP contribution in [0.4, 0.5) is 11.4 Å². The molecule has 0 fully saturated rings. The average molecular weight is 291 g/mol. The molecule has 0 unspecified atom stereocenters. The van der Waals surface area contributed by atoms with E-state index in [2.05, 4.69) is 33.4 Å². The van der Waals surface area contributed by atoms with Crippen LogP contribution in [0.1, 0.15) is 5.56 Å². The molecule has 3 N–H and O–H groups in total. The first kappa shape index (κ1) is 12.0. The van der Waals surface area contributed by atoms with E-state index in [0.717, 1.165) is 28.8 Å². The second-order valence-corrected chi connectivity index (χ2v) is 4.76. The van der Waals surface area contributed by atoms with Crippen molar-refractivity contribution in [2.45, 2.75) is 6.42 Å². The lowest BCUT2D eigenvalue weighted by atomic mass is 10.1. The van der Waals surface area contributed by atoms with Gasteiger partial charge in [0.1, 0.15) is 0 Å². The van der Waals surface area contributed by atoms with Crippen LogP contribution in [0.15, 0.2) is 53.0 Å². The van der Waals surface area contributed by atoms with Gasteiger partial charge in [-0.1, -0.05) is 24.3 Å². The number of anilines is 2. The van der Waals surface area contributed by atoms with Gasteiger partial charge in [-0.3, -0.25) is 0 Å². The number of nitrogen functional groups attached to an aromatic ring is 1. The van der Waals surface area contributed by atoms with Crippen LogP contribution in [0.3, 0.4) is 0 Å². The lowest BCUT2D eigenvalue weighted by Crippen LogP contribution is -2.05. The number of para-hydroxylation sites is 1. The fraction of sp³-hybridized carbons (Fsp3) is 0.143. The molecule has 0 saturated heterocycles. The topological polar surface area (TPSA) is 38.0 Å². The van der Waals surface area contributed by atoms with Gasteiger partial charge in [-0.05, 0) is 52.2 Å². The molecule has 0 amide bonds. The summed E-state index contributed by atoms with van der Waals surface area (Å²) in [6, 6.07) is 16.1. The Morgan fingerprint density at radius 2 is 1.88 bits per heavy atom. The Bertz CT molecular complexity index is 497. The number of nitrogens with one attached hydrogen (secondary N) is 1. The SMILES string of the molecule is Nc1cccc(CCNc2ccccc2Br)c1. The standard InChI is InChI=1S/C14H15BrN2/c15-13-6-1-2-7-14(13)17-9-8-11-4-3-5-12(16)10-11/h1-7,10,17H,8-9,16H2. The smallest absolute Gasteiger partial charge is 0.0484 e. The zero-order valence-electron chi connectivity index (χ0n) is 9.49. The predicted molar refractivity (Wildman–Crippen MR) is 77.2 cm³/mol. The predicted octanol–water partition coefficient (Wildman–Crippen LogP) is 3.69. The third-order valence-electron chi connectivity index (χ3n) is 2.55. The maximum absolute atomic E-state index is 5.74. The third kappa shape index (κ3) is 3.49. The van der Waals surface area contributed by atoms with Crippen molar-refractivity contribution in [3.05, 3.63) is 58.6 Å². The second kappa shape index (κ2) is 5.73. The molecule has 0 aliphatic rings. The number of hydrogen-bond donors (Lipinski definition) is 2. The summed E-state index contributed by atoms with van der Waals surface area (Å²) < 4.78 is 1.09. The number of rotatable bonds is 4. The van der Waals surface area contributed by atoms with Gasteiger partial charge >= 0.3 is 0 Å². The van der Waals surface area contributed by atoms with Gasteiger partial charge in [-0.25, -0.2) is 0 Å². The molecule has 0 radical (unpaired) electrons. The second-order valence-electron chi connectivity index (χ2n) is 3.90. The Morgan fingerprint density at radius 3 is 2.65 bits per heavy atom. The largest absolute Gasteiger partial charge is 0.399 e. The molecule has 2 rings (SSSR count). The molecule has 17 heavy (non-hydrogen) atoms. The minimum absolute atomic E-state index is 0.823. The molecule has 0 aromatic heterocycles. The molecule has 0 aliphatic carbocycles. The van der Waals surface area contributed by atoms with E-state index in [1.54, 1.807) is 0 Å². The average Bonchev–Trinajstić information content (AvgIpc) is 2.32. The number of hydrogen-bond acceptors (Lipinski definition) is 2. The molecule has 2 nitrogen and oxygen atoms in total. The van der Waals surface area contributed by atoms with Crippen LogP contribution in [0.2, 0.25) is 0 Å². The summed E-state index contributed by atoms with van der Waals surface area (Å²) in [6.07, 6.45) is 0.965. The summed E-state index contributed by atoms with van der Waals surface area (Å²) in [7, 11) is 0. The van der Waals surface area contributed by atoms with Crippen LogP contribution in [-0.4, -0.2) is 6.54 Å². The van der Waals surface area contributed by atoms with Crippen LogP contribution in [0.25, 0.3) is 0 Å². The molecule has 0 saturated carbocycles. The first-order chi connectivity index (χ1) is 8.25. The minimum atomic E-state index is 0.823. The minimum Gasteiger partial charge on any atom is -0.399 e. The van der Waals surface area contributed by atoms with Gasteiger partial charge in [0, 0.05) is 22.4 Å². The van der Waals surface area contributed by atoms with Crippen molar-refractivity contribution in [1.29, 1.82) is 0 Å². The molecular formula is C14H15BrN2. The highest BCUT2D eigenvalue weighted by Gasteiger charge is 1.97. The Kier molecular flexibility index (Phi) is 4.04. The van der Waals surface area contributed by atoms with Gasteiger partial charge in [0.2, 0.25) is 0 Å². The Morgan fingerprint density at radius 1 is 1.06 bits per heavy atom. The monoisotopic (exact) mass is 290 g/mol. The Balaban J connectivity index is 1.90. The molecular weight excluding hydrogens is 276 g/mol. The quantitative estimate of drug-likeness (QED) is 0.843. The van der Waals surface area contributed by atoms with Gasteiger partial charge < -0.3 is 11.1 Å². The summed E-state index contributed by atoms with van der Waals surface area (Å²) >= 11 is 3.51. The van der Waals surface area contributed by atoms with Crippen molar-refractivity contribution in [3.63, 3.8) is 0 Å². The molecule has 2 aromatic carbocycles. The third-order valence-corrected chi connectivity index (χ3v) is 3.25. The van der Waals surface area contributed by atoms with Gasteiger partial charge in [-0.15, -0.1) is 0 Å². The molecule has 88 valence electrons. The molecule has 0 aliphatic heterocycles. The first-order valence-electron chi connectivity index (χ1n) is 5.58. The normalized spacial score (nSPS) is 10.2. The maximum Gasteiger partial charge on any atom is 0.0484 e. The van der Waals surface area contributed by atoms with Crippen LogP contribution >= 0.6 is 15.9 Å². The number of halogens is 1. The lowest BCUT2D eigenvalue weighted by molar-refractivity contribution is 1.02. The van der Waals surface area contributed by atoms with E-state index >= 15 is 0 Å². The highest BCUT2D eigenvalue weighted by atomic mass is 79.9. The van der Waals surface area contributed by atoms with Crippen molar-refractivity contribution in [2.24, 2.45) is 0 Å². The molecule has 0 bridgehead atoms. The summed E-state index contributed by atoms with van der Waals surface area (Å²) in [5, 5.41) is 3.39. The highest BCUT2D eigenvalue weighted by molar-refractivity contribution is 9.10. The van der Waals surface area contributed by atoms with Gasteiger partial charge in [0.15, 0.2) is 0 Å². The number of nitrogens with two attached hydrogens (primary N) is 1. The Hall–Kier alpha value is -1.48. The maximum atomic E-state index is 5.74. The highest BCUT2D eigenvalue weighted by Crippen LogP contribution is 2.21. The molecule has 2 aromatic rings. The Labute approximate surface area is 110 Å². The van der Waals surface area contributed by atoms with Gasteiger partial charge in [0.25, 0.3) is 0 Å².